The molecule has 0 radical (unpaired) electrons. The fourth-order valence-electron chi connectivity index (χ4n) is 1.60. The first-order valence-electron chi connectivity index (χ1n) is 5.78. The lowest BCUT2D eigenvalue weighted by Gasteiger charge is -2.17. The first-order valence-corrected chi connectivity index (χ1v) is 5.78. The van der Waals surface area contributed by atoms with Gasteiger partial charge in [-0.2, -0.15) is 0 Å². The van der Waals surface area contributed by atoms with Gasteiger partial charge in [0.1, 0.15) is 18.0 Å². The number of nitrogen functional groups attached to an aromatic ring is 1. The van der Waals surface area contributed by atoms with Gasteiger partial charge in [0, 0.05) is 25.3 Å². The Labute approximate surface area is 102 Å². The maximum absolute atomic E-state index is 5.42. The van der Waals surface area contributed by atoms with Gasteiger partial charge in [-0.1, -0.05) is 6.92 Å². The molecule has 0 fully saturated rings. The van der Waals surface area contributed by atoms with Crippen LogP contribution in [0.5, 0.6) is 0 Å². The standard InChI is InChI=1S/C11H21N5O/c1-4-9-10(13-7-14-11(9)16-12)15-8(2)5-6-17-3/h7-8H,4-6,12H2,1-3H3,(H2,13,14,15,16). The number of nitrogens with zero attached hydrogens (tertiary/aromatic N) is 2. The molecule has 6 heteroatoms. The average Bonchev–Trinajstić information content (AvgIpc) is 2.35. The second kappa shape index (κ2) is 7.03. The quantitative estimate of drug-likeness (QED) is 0.489. The summed E-state index contributed by atoms with van der Waals surface area (Å²) in [7, 11) is 1.70. The summed E-state index contributed by atoms with van der Waals surface area (Å²) in [4.78, 5) is 8.33. The van der Waals surface area contributed by atoms with Crippen LogP contribution in [0.25, 0.3) is 0 Å². The molecule has 0 amide bonds. The van der Waals surface area contributed by atoms with Crippen LogP contribution in [0.15, 0.2) is 6.33 Å². The summed E-state index contributed by atoms with van der Waals surface area (Å²) in [5, 5.41) is 3.34. The molecule has 1 heterocycles. The highest BCUT2D eigenvalue weighted by atomic mass is 16.5. The van der Waals surface area contributed by atoms with Crippen LogP contribution >= 0.6 is 0 Å². The maximum Gasteiger partial charge on any atom is 0.148 e. The van der Waals surface area contributed by atoms with Crippen molar-refractivity contribution in [3.8, 4) is 0 Å². The Morgan fingerprint density at radius 1 is 1.41 bits per heavy atom. The van der Waals surface area contributed by atoms with Crippen LogP contribution in [0, 0.1) is 0 Å². The van der Waals surface area contributed by atoms with Gasteiger partial charge < -0.3 is 15.5 Å². The molecular formula is C11H21N5O. The number of hydrogen-bond acceptors (Lipinski definition) is 6. The molecule has 0 aliphatic rings. The monoisotopic (exact) mass is 239 g/mol. The topological polar surface area (TPSA) is 85.1 Å². The van der Waals surface area contributed by atoms with Crippen molar-refractivity contribution in [2.75, 3.05) is 24.5 Å². The Bertz CT molecular complexity index is 345. The fourth-order valence-corrected chi connectivity index (χ4v) is 1.60. The van der Waals surface area contributed by atoms with Gasteiger partial charge in [-0.05, 0) is 19.8 Å². The number of nitrogens with one attached hydrogen (secondary N) is 2. The van der Waals surface area contributed by atoms with Crippen molar-refractivity contribution in [1.29, 1.82) is 0 Å². The van der Waals surface area contributed by atoms with Crippen LogP contribution in [0.2, 0.25) is 0 Å². The predicted molar refractivity (Wildman–Crippen MR) is 68.8 cm³/mol. The number of rotatable bonds is 7. The summed E-state index contributed by atoms with van der Waals surface area (Å²) in [5.41, 5.74) is 3.59. The molecule has 0 aliphatic heterocycles. The molecule has 0 saturated heterocycles. The first-order chi connectivity index (χ1) is 8.22. The van der Waals surface area contributed by atoms with Gasteiger partial charge in [0.2, 0.25) is 0 Å². The summed E-state index contributed by atoms with van der Waals surface area (Å²) in [6.07, 6.45) is 3.24. The van der Waals surface area contributed by atoms with Gasteiger partial charge >= 0.3 is 0 Å². The van der Waals surface area contributed by atoms with Crippen LogP contribution in [0.4, 0.5) is 11.6 Å². The van der Waals surface area contributed by atoms with E-state index in [-0.39, 0.29) is 0 Å². The minimum atomic E-state index is 0.292. The Hall–Kier alpha value is -1.40. The van der Waals surface area contributed by atoms with Crippen molar-refractivity contribution >= 4 is 11.6 Å². The molecule has 1 aromatic heterocycles. The maximum atomic E-state index is 5.42. The van der Waals surface area contributed by atoms with E-state index in [1.54, 1.807) is 7.11 Å². The summed E-state index contributed by atoms with van der Waals surface area (Å²) < 4.78 is 5.05. The molecule has 0 aromatic carbocycles. The Balaban J connectivity index is 2.75. The predicted octanol–water partition coefficient (Wildman–Crippen LogP) is 1.16. The molecule has 0 aliphatic carbocycles. The number of hydrazine groups is 1. The van der Waals surface area contributed by atoms with E-state index >= 15 is 0 Å². The second-order valence-corrected chi connectivity index (χ2v) is 3.87. The second-order valence-electron chi connectivity index (χ2n) is 3.87. The average molecular weight is 239 g/mol. The Kier molecular flexibility index (Phi) is 5.65. The van der Waals surface area contributed by atoms with Crippen LogP contribution < -0.4 is 16.6 Å². The summed E-state index contributed by atoms with van der Waals surface area (Å²) >= 11 is 0. The van der Waals surface area contributed by atoms with Gasteiger partial charge in [0.25, 0.3) is 0 Å². The van der Waals surface area contributed by atoms with Crippen molar-refractivity contribution in [3.05, 3.63) is 11.9 Å². The molecule has 0 bridgehead atoms. The van der Waals surface area contributed by atoms with E-state index in [1.165, 1.54) is 6.33 Å². The number of aromatic nitrogens is 2. The summed E-state index contributed by atoms with van der Waals surface area (Å²) in [6, 6.07) is 0.292. The van der Waals surface area contributed by atoms with Crippen molar-refractivity contribution < 1.29 is 4.74 Å². The van der Waals surface area contributed by atoms with Gasteiger partial charge in [-0.15, -0.1) is 0 Å². The highest BCUT2D eigenvalue weighted by Crippen LogP contribution is 2.20. The van der Waals surface area contributed by atoms with Crippen molar-refractivity contribution in [1.82, 2.24) is 9.97 Å². The minimum Gasteiger partial charge on any atom is -0.385 e. The molecular weight excluding hydrogens is 218 g/mol. The lowest BCUT2D eigenvalue weighted by atomic mass is 10.2. The number of ether oxygens (including phenoxy) is 1. The molecule has 0 spiro atoms. The van der Waals surface area contributed by atoms with E-state index in [9.17, 15) is 0 Å². The molecule has 6 nitrogen and oxygen atoms in total. The number of anilines is 2. The Morgan fingerprint density at radius 2 is 2.12 bits per heavy atom. The summed E-state index contributed by atoms with van der Waals surface area (Å²) in [6.45, 7) is 4.86. The third kappa shape index (κ3) is 3.83. The zero-order valence-electron chi connectivity index (χ0n) is 10.7. The van der Waals surface area contributed by atoms with Gasteiger partial charge in [-0.25, -0.2) is 15.8 Å². The molecule has 1 aromatic rings. The van der Waals surface area contributed by atoms with Crippen molar-refractivity contribution in [2.24, 2.45) is 5.84 Å². The van der Waals surface area contributed by atoms with E-state index in [4.69, 9.17) is 10.6 Å². The number of hydrogen-bond donors (Lipinski definition) is 3. The van der Waals surface area contributed by atoms with Crippen molar-refractivity contribution in [3.63, 3.8) is 0 Å². The van der Waals surface area contributed by atoms with Crippen LogP contribution in [0.1, 0.15) is 25.8 Å². The smallest absolute Gasteiger partial charge is 0.148 e. The highest BCUT2D eigenvalue weighted by molar-refractivity contribution is 5.57. The molecule has 4 N–H and O–H groups in total. The van der Waals surface area contributed by atoms with Gasteiger partial charge in [0.15, 0.2) is 0 Å². The van der Waals surface area contributed by atoms with E-state index in [0.717, 1.165) is 30.8 Å². The molecule has 1 unspecified atom stereocenters. The molecule has 17 heavy (non-hydrogen) atoms. The van der Waals surface area contributed by atoms with E-state index < -0.39 is 0 Å². The fraction of sp³-hybridized carbons (Fsp3) is 0.636. The third-order valence-corrected chi connectivity index (χ3v) is 2.57. The highest BCUT2D eigenvalue weighted by Gasteiger charge is 2.10. The first kappa shape index (κ1) is 13.7. The van der Waals surface area contributed by atoms with Crippen LogP contribution in [-0.4, -0.2) is 29.7 Å². The largest absolute Gasteiger partial charge is 0.385 e. The SMILES string of the molecule is CCc1c(NN)ncnc1NC(C)CCOC. The number of methoxy groups -OCH3 is 1. The zero-order chi connectivity index (χ0) is 12.7. The molecule has 1 atom stereocenters. The van der Waals surface area contributed by atoms with Crippen LogP contribution in [-0.2, 0) is 11.2 Å². The van der Waals surface area contributed by atoms with Crippen molar-refractivity contribution in [2.45, 2.75) is 32.7 Å². The molecule has 96 valence electrons. The normalized spacial score (nSPS) is 12.2. The van der Waals surface area contributed by atoms with E-state index in [0.29, 0.717) is 11.9 Å². The van der Waals surface area contributed by atoms with Crippen LogP contribution in [0.3, 0.4) is 0 Å². The molecule has 1 rings (SSSR count). The van der Waals surface area contributed by atoms with E-state index in [1.807, 2.05) is 6.92 Å². The zero-order valence-corrected chi connectivity index (χ0v) is 10.7. The minimum absolute atomic E-state index is 0.292. The summed E-state index contributed by atoms with van der Waals surface area (Å²) in [5.74, 6) is 6.92. The van der Waals surface area contributed by atoms with Gasteiger partial charge in [-0.3, -0.25) is 0 Å². The lowest BCUT2D eigenvalue weighted by molar-refractivity contribution is 0.191. The Morgan fingerprint density at radius 3 is 2.71 bits per heavy atom. The third-order valence-electron chi connectivity index (χ3n) is 2.57. The van der Waals surface area contributed by atoms with Gasteiger partial charge in [0.05, 0.1) is 0 Å². The van der Waals surface area contributed by atoms with E-state index in [2.05, 4.69) is 27.6 Å². The molecule has 0 saturated carbocycles. The number of nitrogens with two attached hydrogens (primary N) is 1. The lowest BCUT2D eigenvalue weighted by Crippen LogP contribution is -2.20.